The van der Waals surface area contributed by atoms with Crippen LogP contribution in [-0.2, 0) is 20.9 Å². The maximum atomic E-state index is 12.0. The molecule has 0 saturated carbocycles. The van der Waals surface area contributed by atoms with Gasteiger partial charge < -0.3 is 10.1 Å². The van der Waals surface area contributed by atoms with Crippen molar-refractivity contribution in [3.05, 3.63) is 66.5 Å². The average Bonchev–Trinajstić information content (AvgIpc) is 3.20. The highest BCUT2D eigenvalue weighted by atomic mass is 16.5. The Labute approximate surface area is 156 Å². The zero-order chi connectivity index (χ0) is 19.1. The molecular formula is C19H19N5O3. The molecule has 8 nitrogen and oxygen atoms in total. The molecule has 0 radical (unpaired) electrons. The summed E-state index contributed by atoms with van der Waals surface area (Å²) in [7, 11) is 0. The van der Waals surface area contributed by atoms with E-state index < -0.39 is 5.97 Å². The van der Waals surface area contributed by atoms with Crippen molar-refractivity contribution in [1.29, 1.82) is 0 Å². The molecule has 0 saturated heterocycles. The van der Waals surface area contributed by atoms with Crippen molar-refractivity contribution in [2.75, 3.05) is 6.61 Å². The van der Waals surface area contributed by atoms with Gasteiger partial charge in [-0.2, -0.15) is 0 Å². The first-order chi connectivity index (χ1) is 13.1. The fourth-order valence-electron chi connectivity index (χ4n) is 2.54. The summed E-state index contributed by atoms with van der Waals surface area (Å²) < 4.78 is 6.14. The number of benzene rings is 2. The van der Waals surface area contributed by atoms with Crippen LogP contribution in [0.1, 0.15) is 18.5 Å². The van der Waals surface area contributed by atoms with Crippen molar-refractivity contribution in [2.45, 2.75) is 19.5 Å². The molecule has 1 amide bonds. The van der Waals surface area contributed by atoms with Gasteiger partial charge in [-0.3, -0.25) is 9.59 Å². The molecule has 1 N–H and O–H groups in total. The van der Waals surface area contributed by atoms with Crippen LogP contribution in [-0.4, -0.2) is 38.7 Å². The fourth-order valence-corrected chi connectivity index (χ4v) is 2.54. The molecule has 0 fully saturated rings. The molecule has 0 aliphatic carbocycles. The number of hydrogen-bond acceptors (Lipinski definition) is 6. The minimum atomic E-state index is -0.586. The minimum Gasteiger partial charge on any atom is -0.454 e. The van der Waals surface area contributed by atoms with E-state index in [9.17, 15) is 9.59 Å². The molecule has 8 heteroatoms. The van der Waals surface area contributed by atoms with Crippen molar-refractivity contribution in [3.63, 3.8) is 0 Å². The maximum absolute atomic E-state index is 12.0. The summed E-state index contributed by atoms with van der Waals surface area (Å²) in [5.41, 5.74) is 3.20. The molecule has 0 aliphatic rings. The van der Waals surface area contributed by atoms with Gasteiger partial charge in [0.2, 0.25) is 0 Å². The molecule has 3 rings (SSSR count). The van der Waals surface area contributed by atoms with Crippen LogP contribution in [0.2, 0.25) is 0 Å². The molecule has 0 aliphatic heterocycles. The number of carbonyl (C=O) groups excluding carboxylic acids is 2. The monoisotopic (exact) mass is 365 g/mol. The SMILES string of the molecule is C[C@H](NC(=O)COC(=O)Cn1cnnn1)c1ccc(-c2ccccc2)cc1. The van der Waals surface area contributed by atoms with Crippen molar-refractivity contribution in [1.82, 2.24) is 25.5 Å². The third-order valence-electron chi connectivity index (χ3n) is 3.94. The Morgan fingerprint density at radius 1 is 1.07 bits per heavy atom. The quantitative estimate of drug-likeness (QED) is 0.641. The van der Waals surface area contributed by atoms with Gasteiger partial charge in [0.25, 0.3) is 5.91 Å². The van der Waals surface area contributed by atoms with Crippen LogP contribution in [0.4, 0.5) is 0 Å². The standard InChI is InChI=1S/C19H19N5O3/c1-14(15-7-9-17(10-8-15)16-5-3-2-4-6-16)21-18(25)12-27-19(26)11-24-13-20-22-23-24/h2-10,13-14H,11-12H2,1H3,(H,21,25)/t14-/m0/s1. The highest BCUT2D eigenvalue weighted by Crippen LogP contribution is 2.21. The first-order valence-corrected chi connectivity index (χ1v) is 8.43. The van der Waals surface area contributed by atoms with E-state index in [0.29, 0.717) is 0 Å². The van der Waals surface area contributed by atoms with E-state index >= 15 is 0 Å². The number of hydrogen-bond donors (Lipinski definition) is 1. The number of ether oxygens (including phenoxy) is 1. The summed E-state index contributed by atoms with van der Waals surface area (Å²) in [6.45, 7) is 1.38. The molecule has 2 aromatic carbocycles. The molecule has 1 atom stereocenters. The van der Waals surface area contributed by atoms with Gasteiger partial charge in [-0.1, -0.05) is 54.6 Å². The van der Waals surface area contributed by atoms with Crippen molar-refractivity contribution in [3.8, 4) is 11.1 Å². The lowest BCUT2D eigenvalue weighted by Gasteiger charge is -2.15. The Morgan fingerprint density at radius 2 is 1.78 bits per heavy atom. The van der Waals surface area contributed by atoms with Gasteiger partial charge in [0.1, 0.15) is 12.9 Å². The van der Waals surface area contributed by atoms with Crippen LogP contribution in [0.15, 0.2) is 60.9 Å². The lowest BCUT2D eigenvalue weighted by Crippen LogP contribution is -2.31. The smallest absolute Gasteiger partial charge is 0.328 e. The highest BCUT2D eigenvalue weighted by molar-refractivity contribution is 5.80. The van der Waals surface area contributed by atoms with E-state index in [1.165, 1.54) is 11.0 Å². The molecule has 1 aromatic heterocycles. The number of carbonyl (C=O) groups is 2. The molecule has 0 unspecified atom stereocenters. The van der Waals surface area contributed by atoms with Crippen LogP contribution < -0.4 is 5.32 Å². The second kappa shape index (κ2) is 8.70. The summed E-state index contributed by atoms with van der Waals surface area (Å²) in [4.78, 5) is 23.6. The third-order valence-corrected chi connectivity index (χ3v) is 3.94. The second-order valence-corrected chi connectivity index (χ2v) is 5.95. The number of nitrogens with one attached hydrogen (secondary N) is 1. The first kappa shape index (κ1) is 18.2. The Bertz CT molecular complexity index is 879. The largest absolute Gasteiger partial charge is 0.454 e. The van der Waals surface area contributed by atoms with E-state index in [-0.39, 0.29) is 25.1 Å². The van der Waals surface area contributed by atoms with Crippen LogP contribution >= 0.6 is 0 Å². The summed E-state index contributed by atoms with van der Waals surface area (Å²) in [6, 6.07) is 17.8. The molecular weight excluding hydrogens is 346 g/mol. The maximum Gasteiger partial charge on any atom is 0.328 e. The van der Waals surface area contributed by atoms with Crippen LogP contribution in [0.25, 0.3) is 11.1 Å². The van der Waals surface area contributed by atoms with E-state index in [1.54, 1.807) is 0 Å². The van der Waals surface area contributed by atoms with E-state index in [1.807, 2.05) is 61.5 Å². The number of aromatic nitrogens is 4. The summed E-state index contributed by atoms with van der Waals surface area (Å²) in [5, 5.41) is 13.2. The molecule has 0 bridgehead atoms. The van der Waals surface area contributed by atoms with Gasteiger partial charge >= 0.3 is 5.97 Å². The molecule has 3 aromatic rings. The Morgan fingerprint density at radius 3 is 2.44 bits per heavy atom. The average molecular weight is 365 g/mol. The first-order valence-electron chi connectivity index (χ1n) is 8.43. The Hall–Kier alpha value is -3.55. The number of nitrogens with zero attached hydrogens (tertiary/aromatic N) is 4. The predicted octanol–water partition coefficient (Wildman–Crippen LogP) is 1.76. The summed E-state index contributed by atoms with van der Waals surface area (Å²) in [5.74, 6) is -0.961. The number of rotatable bonds is 7. The summed E-state index contributed by atoms with van der Waals surface area (Å²) >= 11 is 0. The Kier molecular flexibility index (Phi) is 5.88. The van der Waals surface area contributed by atoms with Crippen molar-refractivity contribution in [2.24, 2.45) is 0 Å². The minimum absolute atomic E-state index is 0.142. The van der Waals surface area contributed by atoms with Gasteiger partial charge in [0.15, 0.2) is 6.61 Å². The topological polar surface area (TPSA) is 99.0 Å². The fraction of sp³-hybridized carbons (Fsp3) is 0.211. The predicted molar refractivity (Wildman–Crippen MR) is 97.2 cm³/mol. The van der Waals surface area contributed by atoms with E-state index in [0.717, 1.165) is 16.7 Å². The van der Waals surface area contributed by atoms with E-state index in [2.05, 4.69) is 20.8 Å². The van der Waals surface area contributed by atoms with Crippen LogP contribution in [0.3, 0.4) is 0 Å². The zero-order valence-corrected chi connectivity index (χ0v) is 14.8. The van der Waals surface area contributed by atoms with Gasteiger partial charge in [-0.25, -0.2) is 4.68 Å². The molecule has 138 valence electrons. The van der Waals surface area contributed by atoms with Crippen molar-refractivity contribution < 1.29 is 14.3 Å². The Balaban J connectivity index is 1.48. The van der Waals surface area contributed by atoms with Crippen LogP contribution in [0.5, 0.6) is 0 Å². The summed E-state index contributed by atoms with van der Waals surface area (Å²) in [6.07, 6.45) is 1.29. The molecule has 1 heterocycles. The molecule has 0 spiro atoms. The number of tetrazole rings is 1. The van der Waals surface area contributed by atoms with E-state index in [4.69, 9.17) is 4.74 Å². The van der Waals surface area contributed by atoms with Gasteiger partial charge in [0.05, 0.1) is 6.04 Å². The normalized spacial score (nSPS) is 11.6. The number of amides is 1. The number of esters is 1. The zero-order valence-electron chi connectivity index (χ0n) is 14.8. The molecule has 27 heavy (non-hydrogen) atoms. The van der Waals surface area contributed by atoms with Crippen molar-refractivity contribution >= 4 is 11.9 Å². The lowest BCUT2D eigenvalue weighted by molar-refractivity contribution is -0.149. The second-order valence-electron chi connectivity index (χ2n) is 5.95. The van der Waals surface area contributed by atoms with Gasteiger partial charge in [-0.05, 0) is 34.0 Å². The lowest BCUT2D eigenvalue weighted by atomic mass is 10.0. The van der Waals surface area contributed by atoms with Gasteiger partial charge in [0, 0.05) is 0 Å². The third kappa shape index (κ3) is 5.21. The highest BCUT2D eigenvalue weighted by Gasteiger charge is 2.13. The van der Waals surface area contributed by atoms with Crippen LogP contribution in [0, 0.1) is 0 Å². The van der Waals surface area contributed by atoms with Gasteiger partial charge in [-0.15, -0.1) is 5.10 Å².